The lowest BCUT2D eigenvalue weighted by molar-refractivity contribution is 0.250. The molecule has 1 heterocycles. The van der Waals surface area contributed by atoms with Crippen molar-refractivity contribution in [3.8, 4) is 0 Å². The van der Waals surface area contributed by atoms with Gasteiger partial charge < -0.3 is 10.8 Å². The summed E-state index contributed by atoms with van der Waals surface area (Å²) in [5.41, 5.74) is 6.94. The molecular weight excluding hydrogens is 232 g/mol. The molecular formula is C13H16N2OS. The lowest BCUT2D eigenvalue weighted by atomic mass is 10.1. The van der Waals surface area contributed by atoms with Crippen molar-refractivity contribution in [2.24, 2.45) is 5.92 Å². The number of nitrogen functional groups attached to an aromatic ring is 1. The number of nitrogens with zero attached hydrogens (tertiary/aromatic N) is 1. The van der Waals surface area contributed by atoms with Gasteiger partial charge in [0.05, 0.1) is 5.69 Å². The highest BCUT2D eigenvalue weighted by molar-refractivity contribution is 7.99. The normalized spacial score (nSPS) is 12.8. The standard InChI is InChI=1S/C13H16N2OS/c1-9(7-16)8-17-12-3-2-10-6-15-5-4-11(10)13(12)14/h2-6,9,16H,7-8,14H2,1H3. The minimum atomic E-state index is 0.213. The van der Waals surface area contributed by atoms with Gasteiger partial charge in [0, 0.05) is 40.4 Å². The maximum atomic E-state index is 9.00. The zero-order valence-corrected chi connectivity index (χ0v) is 10.6. The molecule has 2 aromatic rings. The van der Waals surface area contributed by atoms with Gasteiger partial charge in [-0.3, -0.25) is 4.98 Å². The van der Waals surface area contributed by atoms with Crippen LogP contribution in [0.1, 0.15) is 6.92 Å². The molecule has 0 aliphatic rings. The van der Waals surface area contributed by atoms with Crippen LogP contribution < -0.4 is 5.73 Å². The molecule has 17 heavy (non-hydrogen) atoms. The van der Waals surface area contributed by atoms with Gasteiger partial charge >= 0.3 is 0 Å². The van der Waals surface area contributed by atoms with E-state index >= 15 is 0 Å². The van der Waals surface area contributed by atoms with Gasteiger partial charge in [0.25, 0.3) is 0 Å². The fourth-order valence-electron chi connectivity index (χ4n) is 1.58. The number of hydrogen-bond acceptors (Lipinski definition) is 4. The van der Waals surface area contributed by atoms with Gasteiger partial charge in [0.2, 0.25) is 0 Å². The van der Waals surface area contributed by atoms with E-state index < -0.39 is 0 Å². The Kier molecular flexibility index (Phi) is 3.86. The largest absolute Gasteiger partial charge is 0.397 e. The highest BCUT2D eigenvalue weighted by Crippen LogP contribution is 2.32. The SMILES string of the molecule is CC(CO)CSc1ccc2cnccc2c1N. The summed E-state index contributed by atoms with van der Waals surface area (Å²) in [6, 6.07) is 5.99. The van der Waals surface area contributed by atoms with Gasteiger partial charge in [-0.25, -0.2) is 0 Å². The summed E-state index contributed by atoms with van der Waals surface area (Å²) in [7, 11) is 0. The Hall–Kier alpha value is -1.26. The summed E-state index contributed by atoms with van der Waals surface area (Å²) in [6.07, 6.45) is 3.57. The van der Waals surface area contributed by atoms with Gasteiger partial charge in [-0.2, -0.15) is 0 Å². The van der Waals surface area contributed by atoms with Crippen LogP contribution in [-0.4, -0.2) is 22.5 Å². The predicted molar refractivity (Wildman–Crippen MR) is 73.1 cm³/mol. The number of rotatable bonds is 4. The van der Waals surface area contributed by atoms with Crippen LogP contribution in [0.5, 0.6) is 0 Å². The fraction of sp³-hybridized carbons (Fsp3) is 0.308. The first-order valence-electron chi connectivity index (χ1n) is 5.58. The van der Waals surface area contributed by atoms with Crippen LogP contribution in [-0.2, 0) is 0 Å². The minimum Gasteiger partial charge on any atom is -0.397 e. The van der Waals surface area contributed by atoms with E-state index in [1.54, 1.807) is 18.0 Å². The lowest BCUT2D eigenvalue weighted by Gasteiger charge is -2.11. The Balaban J connectivity index is 2.26. The summed E-state index contributed by atoms with van der Waals surface area (Å²) >= 11 is 1.69. The van der Waals surface area contributed by atoms with Crippen LogP contribution in [0, 0.1) is 5.92 Å². The van der Waals surface area contributed by atoms with Crippen molar-refractivity contribution in [2.45, 2.75) is 11.8 Å². The molecule has 4 heteroatoms. The summed E-state index contributed by atoms with van der Waals surface area (Å²) < 4.78 is 0. The average Bonchev–Trinajstić information content (AvgIpc) is 2.38. The van der Waals surface area contributed by atoms with Gasteiger partial charge in [-0.1, -0.05) is 13.0 Å². The van der Waals surface area contributed by atoms with Crippen molar-refractivity contribution < 1.29 is 5.11 Å². The van der Waals surface area contributed by atoms with Crippen LogP contribution in [0.25, 0.3) is 10.8 Å². The molecule has 90 valence electrons. The molecule has 0 spiro atoms. The van der Waals surface area contributed by atoms with E-state index in [9.17, 15) is 0 Å². The van der Waals surface area contributed by atoms with Crippen LogP contribution in [0.4, 0.5) is 5.69 Å². The Morgan fingerprint density at radius 3 is 3.00 bits per heavy atom. The van der Waals surface area contributed by atoms with Crippen LogP contribution in [0.2, 0.25) is 0 Å². The molecule has 0 amide bonds. The topological polar surface area (TPSA) is 59.1 Å². The Bertz CT molecular complexity index is 516. The molecule has 1 aromatic heterocycles. The second-order valence-corrected chi connectivity index (χ2v) is 5.23. The van der Waals surface area contributed by atoms with Crippen molar-refractivity contribution in [1.29, 1.82) is 0 Å². The van der Waals surface area contributed by atoms with Gasteiger partial charge in [0.1, 0.15) is 0 Å². The van der Waals surface area contributed by atoms with E-state index in [-0.39, 0.29) is 12.5 Å². The molecule has 0 aliphatic heterocycles. The van der Waals surface area contributed by atoms with Crippen LogP contribution >= 0.6 is 11.8 Å². The van der Waals surface area contributed by atoms with Crippen LogP contribution in [0.3, 0.4) is 0 Å². The number of aliphatic hydroxyl groups is 1. The lowest BCUT2D eigenvalue weighted by Crippen LogP contribution is -2.03. The summed E-state index contributed by atoms with van der Waals surface area (Å²) in [4.78, 5) is 5.15. The molecule has 0 bridgehead atoms. The molecule has 1 unspecified atom stereocenters. The number of nitrogens with two attached hydrogens (primary N) is 1. The number of pyridine rings is 1. The second-order valence-electron chi connectivity index (χ2n) is 4.17. The third kappa shape index (κ3) is 2.70. The Morgan fingerprint density at radius 1 is 1.41 bits per heavy atom. The predicted octanol–water partition coefficient (Wildman–Crippen LogP) is 2.54. The molecule has 0 fully saturated rings. The van der Waals surface area contributed by atoms with Crippen molar-refractivity contribution in [3.05, 3.63) is 30.6 Å². The molecule has 1 atom stereocenters. The fourth-order valence-corrected chi connectivity index (χ4v) is 2.58. The first-order valence-corrected chi connectivity index (χ1v) is 6.56. The summed E-state index contributed by atoms with van der Waals surface area (Å²) in [6.45, 7) is 2.23. The molecule has 0 aliphatic carbocycles. The number of benzene rings is 1. The van der Waals surface area contributed by atoms with Crippen LogP contribution in [0.15, 0.2) is 35.5 Å². The number of aliphatic hydroxyl groups excluding tert-OH is 1. The number of hydrogen-bond donors (Lipinski definition) is 2. The zero-order valence-electron chi connectivity index (χ0n) is 9.76. The molecule has 0 radical (unpaired) electrons. The molecule has 3 N–H and O–H groups in total. The third-order valence-corrected chi connectivity index (χ3v) is 4.06. The minimum absolute atomic E-state index is 0.213. The summed E-state index contributed by atoms with van der Waals surface area (Å²) in [5.74, 6) is 1.16. The van der Waals surface area contributed by atoms with Gasteiger partial charge in [-0.05, 0) is 18.1 Å². The molecule has 0 saturated carbocycles. The Labute approximate surface area is 105 Å². The highest BCUT2D eigenvalue weighted by atomic mass is 32.2. The van der Waals surface area contributed by atoms with E-state index in [4.69, 9.17) is 10.8 Å². The molecule has 3 nitrogen and oxygen atoms in total. The summed E-state index contributed by atoms with van der Waals surface area (Å²) in [5, 5.41) is 11.1. The van der Waals surface area contributed by atoms with E-state index in [1.165, 1.54) is 0 Å². The van der Waals surface area contributed by atoms with E-state index in [0.29, 0.717) is 0 Å². The Morgan fingerprint density at radius 2 is 2.24 bits per heavy atom. The second kappa shape index (κ2) is 5.38. The van der Waals surface area contributed by atoms with E-state index in [1.807, 2.05) is 31.3 Å². The van der Waals surface area contributed by atoms with Crippen molar-refractivity contribution >= 4 is 28.2 Å². The first-order chi connectivity index (χ1) is 8.22. The average molecular weight is 248 g/mol. The maximum absolute atomic E-state index is 9.00. The molecule has 2 rings (SSSR count). The smallest absolute Gasteiger partial charge is 0.0533 e. The zero-order chi connectivity index (χ0) is 12.3. The third-order valence-electron chi connectivity index (χ3n) is 2.66. The number of aromatic nitrogens is 1. The monoisotopic (exact) mass is 248 g/mol. The van der Waals surface area contributed by atoms with Crippen molar-refractivity contribution in [2.75, 3.05) is 18.1 Å². The van der Waals surface area contributed by atoms with Crippen molar-refractivity contribution in [3.63, 3.8) is 0 Å². The maximum Gasteiger partial charge on any atom is 0.0533 e. The number of fused-ring (bicyclic) bond motifs is 1. The number of thioether (sulfide) groups is 1. The quantitative estimate of drug-likeness (QED) is 0.645. The highest BCUT2D eigenvalue weighted by Gasteiger charge is 2.07. The van der Waals surface area contributed by atoms with E-state index in [0.717, 1.165) is 27.1 Å². The van der Waals surface area contributed by atoms with Gasteiger partial charge in [-0.15, -0.1) is 11.8 Å². The molecule has 1 aromatic carbocycles. The van der Waals surface area contributed by atoms with Gasteiger partial charge in [0.15, 0.2) is 0 Å². The molecule has 0 saturated heterocycles. The van der Waals surface area contributed by atoms with Crippen molar-refractivity contribution in [1.82, 2.24) is 4.98 Å². The van der Waals surface area contributed by atoms with E-state index in [2.05, 4.69) is 4.98 Å². The number of anilines is 1. The first kappa shape index (κ1) is 12.2.